The number of benzene rings is 1. The number of halogens is 1. The first kappa shape index (κ1) is 11.3. The fourth-order valence-electron chi connectivity index (χ4n) is 2.03. The molecule has 3 aromatic rings. The SMILES string of the molecule is OC(c1ccc(Cl)cn1)c1c[nH]c2ccccc12. The summed E-state index contributed by atoms with van der Waals surface area (Å²) in [5, 5.41) is 11.9. The molecule has 3 nitrogen and oxygen atoms in total. The van der Waals surface area contributed by atoms with Crippen molar-refractivity contribution in [2.75, 3.05) is 0 Å². The van der Waals surface area contributed by atoms with Crippen molar-refractivity contribution in [3.63, 3.8) is 0 Å². The molecule has 0 aliphatic rings. The smallest absolute Gasteiger partial charge is 0.123 e. The van der Waals surface area contributed by atoms with E-state index in [0.717, 1.165) is 16.5 Å². The molecule has 3 rings (SSSR count). The van der Waals surface area contributed by atoms with Crippen LogP contribution in [0.5, 0.6) is 0 Å². The lowest BCUT2D eigenvalue weighted by molar-refractivity contribution is 0.217. The van der Waals surface area contributed by atoms with Crippen LogP contribution in [0.4, 0.5) is 0 Å². The van der Waals surface area contributed by atoms with Crippen molar-refractivity contribution >= 4 is 22.5 Å². The van der Waals surface area contributed by atoms with Crippen LogP contribution in [-0.4, -0.2) is 15.1 Å². The number of fused-ring (bicyclic) bond motifs is 1. The van der Waals surface area contributed by atoms with Gasteiger partial charge in [0.05, 0.1) is 10.7 Å². The lowest BCUT2D eigenvalue weighted by atomic mass is 10.1. The van der Waals surface area contributed by atoms with Gasteiger partial charge in [-0.3, -0.25) is 4.98 Å². The van der Waals surface area contributed by atoms with Gasteiger partial charge < -0.3 is 10.1 Å². The zero-order valence-electron chi connectivity index (χ0n) is 9.47. The molecular formula is C14H11ClN2O. The van der Waals surface area contributed by atoms with E-state index >= 15 is 0 Å². The highest BCUT2D eigenvalue weighted by Gasteiger charge is 2.15. The minimum Gasteiger partial charge on any atom is -0.382 e. The Balaban J connectivity index is 2.06. The van der Waals surface area contributed by atoms with Crippen molar-refractivity contribution in [1.29, 1.82) is 0 Å². The minimum absolute atomic E-state index is 0.560. The molecule has 2 heterocycles. The molecule has 0 aliphatic heterocycles. The molecule has 4 heteroatoms. The van der Waals surface area contributed by atoms with E-state index in [0.29, 0.717) is 10.7 Å². The van der Waals surface area contributed by atoms with E-state index in [1.54, 1.807) is 12.1 Å². The first-order valence-corrected chi connectivity index (χ1v) is 5.99. The second kappa shape index (κ2) is 4.44. The van der Waals surface area contributed by atoms with Gasteiger partial charge in [-0.05, 0) is 18.2 Å². The summed E-state index contributed by atoms with van der Waals surface area (Å²) in [7, 11) is 0. The van der Waals surface area contributed by atoms with Crippen molar-refractivity contribution in [1.82, 2.24) is 9.97 Å². The van der Waals surface area contributed by atoms with E-state index in [1.807, 2.05) is 30.5 Å². The number of aromatic nitrogens is 2. The number of hydrogen-bond acceptors (Lipinski definition) is 2. The first-order chi connectivity index (χ1) is 8.75. The maximum atomic E-state index is 10.3. The Labute approximate surface area is 109 Å². The van der Waals surface area contributed by atoms with Crippen LogP contribution in [0.3, 0.4) is 0 Å². The summed E-state index contributed by atoms with van der Waals surface area (Å²) >= 11 is 5.79. The van der Waals surface area contributed by atoms with Crippen molar-refractivity contribution in [3.05, 3.63) is 65.1 Å². The zero-order chi connectivity index (χ0) is 12.5. The Morgan fingerprint density at radius 2 is 2.00 bits per heavy atom. The van der Waals surface area contributed by atoms with Crippen LogP contribution in [-0.2, 0) is 0 Å². The molecule has 90 valence electrons. The van der Waals surface area contributed by atoms with Crippen molar-refractivity contribution in [3.8, 4) is 0 Å². The van der Waals surface area contributed by atoms with E-state index in [4.69, 9.17) is 11.6 Å². The van der Waals surface area contributed by atoms with Gasteiger partial charge in [-0.1, -0.05) is 29.8 Å². The molecule has 0 bridgehead atoms. The number of rotatable bonds is 2. The number of para-hydroxylation sites is 1. The van der Waals surface area contributed by atoms with Crippen molar-refractivity contribution in [2.45, 2.75) is 6.10 Å². The number of nitrogens with zero attached hydrogens (tertiary/aromatic N) is 1. The molecular weight excluding hydrogens is 248 g/mol. The van der Waals surface area contributed by atoms with E-state index < -0.39 is 6.10 Å². The van der Waals surface area contributed by atoms with Crippen LogP contribution in [0.25, 0.3) is 10.9 Å². The third-order valence-electron chi connectivity index (χ3n) is 2.95. The molecule has 0 aliphatic carbocycles. The molecule has 18 heavy (non-hydrogen) atoms. The van der Waals surface area contributed by atoms with E-state index in [9.17, 15) is 5.11 Å². The van der Waals surface area contributed by atoms with E-state index in [1.165, 1.54) is 6.20 Å². The van der Waals surface area contributed by atoms with Crippen LogP contribution in [0.1, 0.15) is 17.4 Å². The molecule has 0 spiro atoms. The van der Waals surface area contributed by atoms with Gasteiger partial charge in [0.2, 0.25) is 0 Å². The number of aromatic amines is 1. The largest absolute Gasteiger partial charge is 0.382 e. The van der Waals surface area contributed by atoms with Gasteiger partial charge >= 0.3 is 0 Å². The van der Waals surface area contributed by atoms with Crippen LogP contribution in [0, 0.1) is 0 Å². The third-order valence-corrected chi connectivity index (χ3v) is 3.17. The molecule has 1 unspecified atom stereocenters. The summed E-state index contributed by atoms with van der Waals surface area (Å²) in [5.74, 6) is 0. The summed E-state index contributed by atoms with van der Waals surface area (Å²) in [5.41, 5.74) is 2.41. The maximum Gasteiger partial charge on any atom is 0.123 e. The number of pyridine rings is 1. The molecule has 0 saturated heterocycles. The molecule has 1 atom stereocenters. The summed E-state index contributed by atoms with van der Waals surface area (Å²) in [6.07, 6.45) is 2.60. The average Bonchev–Trinajstić information content (AvgIpc) is 2.82. The number of hydrogen-bond donors (Lipinski definition) is 2. The van der Waals surface area contributed by atoms with Crippen LogP contribution in [0.15, 0.2) is 48.8 Å². The number of H-pyrrole nitrogens is 1. The van der Waals surface area contributed by atoms with Gasteiger partial charge in [-0.25, -0.2) is 0 Å². The minimum atomic E-state index is -0.751. The lowest BCUT2D eigenvalue weighted by Gasteiger charge is -2.09. The molecule has 1 aromatic carbocycles. The first-order valence-electron chi connectivity index (χ1n) is 5.61. The second-order valence-electron chi connectivity index (χ2n) is 4.09. The molecule has 2 aromatic heterocycles. The van der Waals surface area contributed by atoms with Gasteiger partial charge in [0.25, 0.3) is 0 Å². The highest BCUT2D eigenvalue weighted by molar-refractivity contribution is 6.30. The Morgan fingerprint density at radius 1 is 1.17 bits per heavy atom. The Hall–Kier alpha value is -1.84. The Morgan fingerprint density at radius 3 is 2.78 bits per heavy atom. The lowest BCUT2D eigenvalue weighted by Crippen LogP contribution is -2.01. The molecule has 0 amide bonds. The second-order valence-corrected chi connectivity index (χ2v) is 4.53. The van der Waals surface area contributed by atoms with Crippen LogP contribution >= 0.6 is 11.6 Å². The summed E-state index contributed by atoms with van der Waals surface area (Å²) < 4.78 is 0. The van der Waals surface area contributed by atoms with Crippen LogP contribution < -0.4 is 0 Å². The number of nitrogens with one attached hydrogen (secondary N) is 1. The van der Waals surface area contributed by atoms with Gasteiger partial charge in [0.15, 0.2) is 0 Å². The van der Waals surface area contributed by atoms with Crippen LogP contribution in [0.2, 0.25) is 5.02 Å². The predicted octanol–water partition coefficient (Wildman–Crippen LogP) is 3.30. The van der Waals surface area contributed by atoms with Gasteiger partial charge in [-0.15, -0.1) is 0 Å². The summed E-state index contributed by atoms with van der Waals surface area (Å²) in [6.45, 7) is 0. The number of aliphatic hydroxyl groups excluding tert-OH is 1. The Kier molecular flexibility index (Phi) is 2.78. The summed E-state index contributed by atoms with van der Waals surface area (Å²) in [4.78, 5) is 7.28. The topological polar surface area (TPSA) is 48.9 Å². The molecule has 0 saturated carbocycles. The monoisotopic (exact) mass is 258 g/mol. The van der Waals surface area contributed by atoms with E-state index in [-0.39, 0.29) is 0 Å². The average molecular weight is 259 g/mol. The summed E-state index contributed by atoms with van der Waals surface area (Å²) in [6, 6.07) is 11.3. The fourth-order valence-corrected chi connectivity index (χ4v) is 2.14. The normalized spacial score (nSPS) is 12.8. The standard InChI is InChI=1S/C14H11ClN2O/c15-9-5-6-13(16-7-9)14(18)11-8-17-12-4-2-1-3-10(11)12/h1-8,14,17-18H. The highest BCUT2D eigenvalue weighted by Crippen LogP contribution is 2.28. The Bertz CT molecular complexity index is 676. The maximum absolute atomic E-state index is 10.3. The van der Waals surface area contributed by atoms with Crippen molar-refractivity contribution in [2.24, 2.45) is 0 Å². The molecule has 2 N–H and O–H groups in total. The molecule has 0 fully saturated rings. The van der Waals surface area contributed by atoms with E-state index in [2.05, 4.69) is 9.97 Å². The highest BCUT2D eigenvalue weighted by atomic mass is 35.5. The number of aliphatic hydroxyl groups is 1. The van der Waals surface area contributed by atoms with Gasteiger partial charge in [0, 0.05) is 28.9 Å². The molecule has 0 radical (unpaired) electrons. The fraction of sp³-hybridized carbons (Fsp3) is 0.0714. The van der Waals surface area contributed by atoms with Gasteiger partial charge in [-0.2, -0.15) is 0 Å². The van der Waals surface area contributed by atoms with Crippen molar-refractivity contribution < 1.29 is 5.11 Å². The predicted molar refractivity (Wildman–Crippen MR) is 71.6 cm³/mol. The quantitative estimate of drug-likeness (QED) is 0.741. The zero-order valence-corrected chi connectivity index (χ0v) is 10.2. The third kappa shape index (κ3) is 1.88. The van der Waals surface area contributed by atoms with Gasteiger partial charge in [0.1, 0.15) is 6.10 Å².